The molecule has 0 aromatic rings. The van der Waals surface area contributed by atoms with E-state index in [0.717, 1.165) is 26.2 Å². The van der Waals surface area contributed by atoms with Gasteiger partial charge < -0.3 is 20.7 Å². The van der Waals surface area contributed by atoms with Crippen LogP contribution in [0.1, 0.15) is 33.1 Å². The van der Waals surface area contributed by atoms with Gasteiger partial charge in [0, 0.05) is 38.2 Å². The Balaban J connectivity index is 2.37. The standard InChI is InChI=1S/C14H29N3O2/c1-11(2)16-14(18)7-13(8-15)17(3)9-12-5-4-6-19-10-12/h11-13H,4-10,15H2,1-3H3,(H,16,18). The van der Waals surface area contributed by atoms with Crippen LogP contribution in [-0.2, 0) is 9.53 Å². The third-order valence-electron chi connectivity index (χ3n) is 3.57. The first kappa shape index (κ1) is 16.4. The molecule has 1 amide bonds. The fourth-order valence-corrected chi connectivity index (χ4v) is 2.52. The molecular formula is C14H29N3O2. The second kappa shape index (κ2) is 8.51. The summed E-state index contributed by atoms with van der Waals surface area (Å²) in [5.74, 6) is 0.651. The molecule has 0 spiro atoms. The van der Waals surface area contributed by atoms with E-state index >= 15 is 0 Å². The minimum atomic E-state index is 0.0807. The van der Waals surface area contributed by atoms with Crippen molar-refractivity contribution in [3.63, 3.8) is 0 Å². The third kappa shape index (κ3) is 6.36. The van der Waals surface area contributed by atoms with Crippen LogP contribution < -0.4 is 11.1 Å². The topological polar surface area (TPSA) is 67.6 Å². The molecule has 112 valence electrons. The molecule has 5 heteroatoms. The average Bonchev–Trinajstić information content (AvgIpc) is 2.36. The van der Waals surface area contributed by atoms with Crippen molar-refractivity contribution >= 4 is 5.91 Å². The highest BCUT2D eigenvalue weighted by molar-refractivity contribution is 5.76. The van der Waals surface area contributed by atoms with Gasteiger partial charge in [0.15, 0.2) is 0 Å². The van der Waals surface area contributed by atoms with Gasteiger partial charge in [-0.1, -0.05) is 0 Å². The lowest BCUT2D eigenvalue weighted by Gasteiger charge is -2.32. The summed E-state index contributed by atoms with van der Waals surface area (Å²) in [6.07, 6.45) is 2.82. The molecular weight excluding hydrogens is 242 g/mol. The van der Waals surface area contributed by atoms with Gasteiger partial charge in [0.1, 0.15) is 0 Å². The second-order valence-corrected chi connectivity index (χ2v) is 5.84. The molecule has 0 radical (unpaired) electrons. The molecule has 19 heavy (non-hydrogen) atoms. The second-order valence-electron chi connectivity index (χ2n) is 5.84. The van der Waals surface area contributed by atoms with E-state index in [9.17, 15) is 4.79 Å². The summed E-state index contributed by atoms with van der Waals surface area (Å²) in [6.45, 7) is 7.13. The summed E-state index contributed by atoms with van der Waals surface area (Å²) in [7, 11) is 2.05. The van der Waals surface area contributed by atoms with Crippen molar-refractivity contribution in [1.82, 2.24) is 10.2 Å². The minimum Gasteiger partial charge on any atom is -0.381 e. The quantitative estimate of drug-likeness (QED) is 0.711. The summed E-state index contributed by atoms with van der Waals surface area (Å²) in [4.78, 5) is 14.0. The first-order chi connectivity index (χ1) is 9.02. The Morgan fingerprint density at radius 3 is 2.79 bits per heavy atom. The van der Waals surface area contributed by atoms with Crippen molar-refractivity contribution in [1.29, 1.82) is 0 Å². The summed E-state index contributed by atoms with van der Waals surface area (Å²) in [5.41, 5.74) is 5.80. The molecule has 0 bridgehead atoms. The molecule has 0 aliphatic carbocycles. The van der Waals surface area contributed by atoms with Crippen LogP contribution in [0.4, 0.5) is 0 Å². The summed E-state index contributed by atoms with van der Waals surface area (Å²) in [6, 6.07) is 0.295. The summed E-state index contributed by atoms with van der Waals surface area (Å²) < 4.78 is 5.49. The lowest BCUT2D eigenvalue weighted by Crippen LogP contribution is -2.45. The zero-order chi connectivity index (χ0) is 14.3. The fraction of sp³-hybridized carbons (Fsp3) is 0.929. The average molecular weight is 271 g/mol. The zero-order valence-electron chi connectivity index (χ0n) is 12.5. The van der Waals surface area contributed by atoms with E-state index in [-0.39, 0.29) is 18.0 Å². The van der Waals surface area contributed by atoms with Crippen molar-refractivity contribution in [3.8, 4) is 0 Å². The number of likely N-dealkylation sites (N-methyl/N-ethyl adjacent to an activating group) is 1. The van der Waals surface area contributed by atoms with Crippen molar-refractivity contribution in [3.05, 3.63) is 0 Å². The first-order valence-corrected chi connectivity index (χ1v) is 7.30. The Kier molecular flexibility index (Phi) is 7.34. The van der Waals surface area contributed by atoms with Crippen LogP contribution in [0.5, 0.6) is 0 Å². The van der Waals surface area contributed by atoms with Crippen LogP contribution in [0, 0.1) is 5.92 Å². The van der Waals surface area contributed by atoms with Gasteiger partial charge >= 0.3 is 0 Å². The third-order valence-corrected chi connectivity index (χ3v) is 3.57. The van der Waals surface area contributed by atoms with Gasteiger partial charge in [-0.05, 0) is 39.7 Å². The van der Waals surface area contributed by atoms with Gasteiger partial charge in [0.25, 0.3) is 0 Å². The Bertz CT molecular complexity index is 265. The number of carbonyl (C=O) groups excluding carboxylic acids is 1. The zero-order valence-corrected chi connectivity index (χ0v) is 12.5. The predicted octanol–water partition coefficient (Wildman–Crippen LogP) is 0.587. The number of hydrogen-bond acceptors (Lipinski definition) is 4. The molecule has 2 atom stereocenters. The molecule has 2 unspecified atom stereocenters. The van der Waals surface area contributed by atoms with E-state index in [1.54, 1.807) is 0 Å². The van der Waals surface area contributed by atoms with Crippen molar-refractivity contribution in [2.45, 2.75) is 45.2 Å². The summed E-state index contributed by atoms with van der Waals surface area (Å²) in [5, 5.41) is 2.92. The number of nitrogens with zero attached hydrogens (tertiary/aromatic N) is 1. The maximum atomic E-state index is 11.8. The van der Waals surface area contributed by atoms with Crippen LogP contribution in [0.3, 0.4) is 0 Å². The van der Waals surface area contributed by atoms with E-state index < -0.39 is 0 Å². The number of nitrogens with two attached hydrogens (primary N) is 1. The minimum absolute atomic E-state index is 0.0807. The largest absolute Gasteiger partial charge is 0.381 e. The van der Waals surface area contributed by atoms with Crippen LogP contribution in [0.15, 0.2) is 0 Å². The van der Waals surface area contributed by atoms with Crippen molar-refractivity contribution < 1.29 is 9.53 Å². The Labute approximate surface area is 116 Å². The van der Waals surface area contributed by atoms with E-state index in [4.69, 9.17) is 10.5 Å². The number of carbonyl (C=O) groups is 1. The number of hydrogen-bond donors (Lipinski definition) is 2. The molecule has 5 nitrogen and oxygen atoms in total. The monoisotopic (exact) mass is 271 g/mol. The number of nitrogens with one attached hydrogen (secondary N) is 1. The number of amides is 1. The Morgan fingerprint density at radius 2 is 2.26 bits per heavy atom. The van der Waals surface area contributed by atoms with Gasteiger partial charge in [-0.15, -0.1) is 0 Å². The molecule has 0 saturated carbocycles. The molecule has 1 rings (SSSR count). The number of rotatable bonds is 7. The lowest BCUT2D eigenvalue weighted by atomic mass is 10.0. The van der Waals surface area contributed by atoms with Gasteiger partial charge in [0.05, 0.1) is 6.61 Å². The SMILES string of the molecule is CC(C)NC(=O)CC(CN)N(C)CC1CCCOC1. The molecule has 1 saturated heterocycles. The Morgan fingerprint density at radius 1 is 1.53 bits per heavy atom. The lowest BCUT2D eigenvalue weighted by molar-refractivity contribution is -0.122. The summed E-state index contributed by atoms with van der Waals surface area (Å²) >= 11 is 0. The molecule has 1 fully saturated rings. The Hall–Kier alpha value is -0.650. The van der Waals surface area contributed by atoms with Crippen LogP contribution in [0.2, 0.25) is 0 Å². The van der Waals surface area contributed by atoms with Crippen molar-refractivity contribution in [2.75, 3.05) is 33.4 Å². The van der Waals surface area contributed by atoms with Crippen LogP contribution >= 0.6 is 0 Å². The molecule has 3 N–H and O–H groups in total. The van der Waals surface area contributed by atoms with E-state index in [1.807, 2.05) is 13.8 Å². The van der Waals surface area contributed by atoms with Gasteiger partial charge in [-0.25, -0.2) is 0 Å². The first-order valence-electron chi connectivity index (χ1n) is 7.30. The van der Waals surface area contributed by atoms with Gasteiger partial charge in [-0.2, -0.15) is 0 Å². The molecule has 1 aliphatic heterocycles. The number of ether oxygens (including phenoxy) is 1. The molecule has 1 heterocycles. The van der Waals surface area contributed by atoms with Gasteiger partial charge in [-0.3, -0.25) is 4.79 Å². The highest BCUT2D eigenvalue weighted by atomic mass is 16.5. The van der Waals surface area contributed by atoms with Gasteiger partial charge in [0.2, 0.25) is 5.91 Å². The van der Waals surface area contributed by atoms with Crippen LogP contribution in [0.25, 0.3) is 0 Å². The van der Waals surface area contributed by atoms with E-state index in [2.05, 4.69) is 17.3 Å². The molecule has 0 aromatic carbocycles. The molecule has 1 aliphatic rings. The fourth-order valence-electron chi connectivity index (χ4n) is 2.52. The maximum absolute atomic E-state index is 11.8. The molecule has 0 aromatic heterocycles. The predicted molar refractivity (Wildman–Crippen MR) is 76.9 cm³/mol. The van der Waals surface area contributed by atoms with E-state index in [0.29, 0.717) is 18.9 Å². The van der Waals surface area contributed by atoms with E-state index in [1.165, 1.54) is 6.42 Å². The smallest absolute Gasteiger partial charge is 0.221 e. The van der Waals surface area contributed by atoms with Crippen molar-refractivity contribution in [2.24, 2.45) is 11.7 Å². The highest BCUT2D eigenvalue weighted by Crippen LogP contribution is 2.16. The van der Waals surface area contributed by atoms with Crippen LogP contribution in [-0.4, -0.2) is 56.2 Å². The maximum Gasteiger partial charge on any atom is 0.221 e. The highest BCUT2D eigenvalue weighted by Gasteiger charge is 2.22. The normalized spacial score (nSPS) is 21.7.